The first-order chi connectivity index (χ1) is 7.38. The minimum Gasteiger partial charge on any atom is -0.488 e. The Balaban J connectivity index is 1.98. The van der Waals surface area contributed by atoms with Gasteiger partial charge in [-0.3, -0.25) is 0 Å². The van der Waals surface area contributed by atoms with Gasteiger partial charge in [0.1, 0.15) is 12.4 Å². The van der Waals surface area contributed by atoms with E-state index >= 15 is 0 Å². The largest absolute Gasteiger partial charge is 0.488 e. The van der Waals surface area contributed by atoms with Gasteiger partial charge in [0, 0.05) is 4.88 Å². The summed E-state index contributed by atoms with van der Waals surface area (Å²) in [7, 11) is 0. The van der Waals surface area contributed by atoms with E-state index in [0.717, 1.165) is 11.3 Å². The molecule has 78 valence electrons. The molecule has 0 bridgehead atoms. The quantitative estimate of drug-likeness (QED) is 0.858. The van der Waals surface area contributed by atoms with Crippen LogP contribution < -0.4 is 4.74 Å². The van der Waals surface area contributed by atoms with Crippen molar-refractivity contribution in [3.05, 3.63) is 52.2 Å². The second kappa shape index (κ2) is 4.96. The van der Waals surface area contributed by atoms with Crippen LogP contribution in [0.15, 0.2) is 41.8 Å². The Morgan fingerprint density at radius 1 is 1.20 bits per heavy atom. The Kier molecular flexibility index (Phi) is 3.37. The van der Waals surface area contributed by atoms with Gasteiger partial charge >= 0.3 is 0 Å². The predicted octanol–water partition coefficient (Wildman–Crippen LogP) is 2.82. The molecule has 0 aliphatic rings. The fourth-order valence-electron chi connectivity index (χ4n) is 1.28. The maximum atomic E-state index is 8.96. The predicted molar refractivity (Wildman–Crippen MR) is 61.0 cm³/mol. The lowest BCUT2D eigenvalue weighted by molar-refractivity contribution is 0.278. The summed E-state index contributed by atoms with van der Waals surface area (Å²) < 4.78 is 5.59. The third-order valence-corrected chi connectivity index (χ3v) is 2.89. The first-order valence-corrected chi connectivity index (χ1v) is 5.61. The molecule has 0 aliphatic heterocycles. The van der Waals surface area contributed by atoms with Crippen molar-refractivity contribution in [3.63, 3.8) is 0 Å². The van der Waals surface area contributed by atoms with Gasteiger partial charge in [-0.05, 0) is 29.1 Å². The summed E-state index contributed by atoms with van der Waals surface area (Å²) in [5.41, 5.74) is 0.874. The molecule has 0 amide bonds. The number of aliphatic hydroxyl groups is 1. The van der Waals surface area contributed by atoms with Crippen molar-refractivity contribution in [2.45, 2.75) is 13.2 Å². The highest BCUT2D eigenvalue weighted by Gasteiger charge is 1.97. The number of benzene rings is 1. The number of thiophene rings is 1. The molecule has 1 heterocycles. The lowest BCUT2D eigenvalue weighted by Gasteiger charge is -2.05. The average Bonchev–Trinajstić information content (AvgIpc) is 2.79. The van der Waals surface area contributed by atoms with Crippen molar-refractivity contribution in [1.29, 1.82) is 0 Å². The highest BCUT2D eigenvalue weighted by molar-refractivity contribution is 7.09. The van der Waals surface area contributed by atoms with Crippen LogP contribution in [0.25, 0.3) is 0 Å². The van der Waals surface area contributed by atoms with Gasteiger partial charge in [0.05, 0.1) is 6.61 Å². The highest BCUT2D eigenvalue weighted by atomic mass is 32.1. The molecule has 0 atom stereocenters. The normalized spacial score (nSPS) is 10.2. The molecule has 15 heavy (non-hydrogen) atoms. The lowest BCUT2D eigenvalue weighted by atomic mass is 10.2. The highest BCUT2D eigenvalue weighted by Crippen LogP contribution is 2.16. The summed E-state index contributed by atoms with van der Waals surface area (Å²) in [6.07, 6.45) is 0. The van der Waals surface area contributed by atoms with E-state index in [-0.39, 0.29) is 6.61 Å². The number of aliphatic hydroxyl groups excluding tert-OH is 1. The maximum Gasteiger partial charge on any atom is 0.122 e. The summed E-state index contributed by atoms with van der Waals surface area (Å²) in [6, 6.07) is 11.6. The van der Waals surface area contributed by atoms with Gasteiger partial charge in [-0.2, -0.15) is 0 Å². The molecule has 2 aromatic rings. The summed E-state index contributed by atoms with van der Waals surface area (Å²) >= 11 is 1.68. The molecule has 0 radical (unpaired) electrons. The van der Waals surface area contributed by atoms with Crippen molar-refractivity contribution in [2.24, 2.45) is 0 Å². The molecule has 0 fully saturated rings. The Labute approximate surface area is 92.8 Å². The molecule has 0 spiro atoms. The van der Waals surface area contributed by atoms with Crippen LogP contribution in [0.5, 0.6) is 5.75 Å². The number of hydrogen-bond acceptors (Lipinski definition) is 3. The van der Waals surface area contributed by atoms with Crippen LogP contribution >= 0.6 is 11.3 Å². The number of hydrogen-bond donors (Lipinski definition) is 1. The fraction of sp³-hybridized carbons (Fsp3) is 0.167. The molecular weight excluding hydrogens is 208 g/mol. The molecule has 0 saturated heterocycles. The van der Waals surface area contributed by atoms with Crippen molar-refractivity contribution >= 4 is 11.3 Å². The minimum atomic E-state index is 0.0518. The monoisotopic (exact) mass is 220 g/mol. The number of rotatable bonds is 4. The molecule has 3 heteroatoms. The smallest absolute Gasteiger partial charge is 0.122 e. The SMILES string of the molecule is OCc1cccc(OCc2cccs2)c1. The van der Waals surface area contributed by atoms with E-state index in [1.165, 1.54) is 4.88 Å². The standard InChI is InChI=1S/C12H12O2S/c13-8-10-3-1-4-11(7-10)14-9-12-5-2-6-15-12/h1-7,13H,8-9H2. The fourth-order valence-corrected chi connectivity index (χ4v) is 1.90. The third-order valence-electron chi connectivity index (χ3n) is 2.04. The van der Waals surface area contributed by atoms with Gasteiger partial charge < -0.3 is 9.84 Å². The minimum absolute atomic E-state index is 0.0518. The Morgan fingerprint density at radius 3 is 2.87 bits per heavy atom. The van der Waals surface area contributed by atoms with Gasteiger partial charge in [0.2, 0.25) is 0 Å². The van der Waals surface area contributed by atoms with Crippen LogP contribution in [-0.2, 0) is 13.2 Å². The Bertz CT molecular complexity index is 409. The molecule has 2 rings (SSSR count). The van der Waals surface area contributed by atoms with E-state index in [0.29, 0.717) is 6.61 Å². The van der Waals surface area contributed by atoms with E-state index in [4.69, 9.17) is 9.84 Å². The van der Waals surface area contributed by atoms with Crippen LogP contribution in [0.3, 0.4) is 0 Å². The van der Waals surface area contributed by atoms with Crippen LogP contribution in [0.2, 0.25) is 0 Å². The first kappa shape index (κ1) is 10.2. The Morgan fingerprint density at radius 2 is 2.13 bits per heavy atom. The second-order valence-corrected chi connectivity index (χ2v) is 4.21. The van der Waals surface area contributed by atoms with Crippen molar-refractivity contribution in [3.8, 4) is 5.75 Å². The van der Waals surface area contributed by atoms with Crippen LogP contribution in [-0.4, -0.2) is 5.11 Å². The summed E-state index contributed by atoms with van der Waals surface area (Å²) in [5.74, 6) is 0.801. The Hall–Kier alpha value is -1.32. The molecule has 0 unspecified atom stereocenters. The van der Waals surface area contributed by atoms with Crippen LogP contribution in [0, 0.1) is 0 Å². The summed E-state index contributed by atoms with van der Waals surface area (Å²) in [6.45, 7) is 0.642. The second-order valence-electron chi connectivity index (χ2n) is 3.17. The van der Waals surface area contributed by atoms with Gasteiger partial charge in [-0.15, -0.1) is 11.3 Å². The van der Waals surface area contributed by atoms with Gasteiger partial charge in [0.15, 0.2) is 0 Å². The van der Waals surface area contributed by atoms with E-state index in [9.17, 15) is 0 Å². The first-order valence-electron chi connectivity index (χ1n) is 4.73. The van der Waals surface area contributed by atoms with E-state index < -0.39 is 0 Å². The van der Waals surface area contributed by atoms with Crippen molar-refractivity contribution in [1.82, 2.24) is 0 Å². The summed E-state index contributed by atoms with van der Waals surface area (Å²) in [5, 5.41) is 11.0. The molecule has 1 aromatic heterocycles. The molecule has 1 N–H and O–H groups in total. The van der Waals surface area contributed by atoms with E-state index in [1.54, 1.807) is 11.3 Å². The van der Waals surface area contributed by atoms with Crippen molar-refractivity contribution in [2.75, 3.05) is 0 Å². The van der Waals surface area contributed by atoms with E-state index in [1.807, 2.05) is 41.8 Å². The zero-order valence-electron chi connectivity index (χ0n) is 8.22. The molecule has 2 nitrogen and oxygen atoms in total. The van der Waals surface area contributed by atoms with Crippen molar-refractivity contribution < 1.29 is 9.84 Å². The maximum absolute atomic E-state index is 8.96. The zero-order valence-corrected chi connectivity index (χ0v) is 9.04. The lowest BCUT2D eigenvalue weighted by Crippen LogP contribution is -1.93. The van der Waals surface area contributed by atoms with Gasteiger partial charge in [0.25, 0.3) is 0 Å². The molecular formula is C12H12O2S. The van der Waals surface area contributed by atoms with Crippen LogP contribution in [0.1, 0.15) is 10.4 Å². The molecule has 0 saturated carbocycles. The average molecular weight is 220 g/mol. The number of ether oxygens (including phenoxy) is 1. The zero-order chi connectivity index (χ0) is 10.5. The topological polar surface area (TPSA) is 29.5 Å². The molecule has 0 aliphatic carbocycles. The van der Waals surface area contributed by atoms with Gasteiger partial charge in [-0.1, -0.05) is 18.2 Å². The third kappa shape index (κ3) is 2.81. The van der Waals surface area contributed by atoms with Gasteiger partial charge in [-0.25, -0.2) is 0 Å². The van der Waals surface area contributed by atoms with E-state index in [2.05, 4.69) is 0 Å². The molecule has 1 aromatic carbocycles. The van der Waals surface area contributed by atoms with Crippen LogP contribution in [0.4, 0.5) is 0 Å². The summed E-state index contributed by atoms with van der Waals surface area (Å²) in [4.78, 5) is 1.20.